The van der Waals surface area contributed by atoms with Gasteiger partial charge in [-0.2, -0.15) is 8.78 Å². The summed E-state index contributed by atoms with van der Waals surface area (Å²) in [5.41, 5.74) is 4.84. The fourth-order valence-corrected chi connectivity index (χ4v) is 5.10. The molecule has 4 aromatic rings. The van der Waals surface area contributed by atoms with Gasteiger partial charge in [0, 0.05) is 60.5 Å². The molecule has 8 nitrogen and oxygen atoms in total. The first-order valence-electron chi connectivity index (χ1n) is 12.5. The molecule has 0 unspecified atom stereocenters. The number of aryl methyl sites for hydroxylation is 1. The van der Waals surface area contributed by atoms with Crippen molar-refractivity contribution in [3.05, 3.63) is 71.9 Å². The van der Waals surface area contributed by atoms with Crippen molar-refractivity contribution in [2.45, 2.75) is 33.3 Å². The van der Waals surface area contributed by atoms with Crippen molar-refractivity contribution in [1.82, 2.24) is 19.4 Å². The Hall–Kier alpha value is -4.08. The van der Waals surface area contributed by atoms with Crippen LogP contribution in [0.3, 0.4) is 0 Å². The number of benzene rings is 1. The van der Waals surface area contributed by atoms with Crippen molar-refractivity contribution in [3.8, 4) is 16.9 Å². The molecule has 0 aliphatic carbocycles. The maximum Gasteiger partial charge on any atom is 0.387 e. The van der Waals surface area contributed by atoms with Crippen LogP contribution in [0.1, 0.15) is 30.3 Å². The van der Waals surface area contributed by atoms with Gasteiger partial charge in [-0.1, -0.05) is 25.1 Å². The van der Waals surface area contributed by atoms with E-state index in [1.165, 1.54) is 7.11 Å². The Morgan fingerprint density at radius 3 is 2.61 bits per heavy atom. The third-order valence-electron chi connectivity index (χ3n) is 7.13. The standard InChI is InChI=1S/C28H29F2N5O3/c1-17-15-34(11-10-22(17)26(36)37-3)28-31-13-21(14-32-28)20-8-9-25-33-18(2)23(35(25)16-20)12-19-6-4-5-7-24(19)38-27(29)30/h4-9,13-14,16-17,22,27H,10-12,15H2,1-3H3/t17-,22+/m0/s1. The van der Waals surface area contributed by atoms with Gasteiger partial charge >= 0.3 is 12.6 Å². The molecule has 1 aliphatic heterocycles. The number of aromatic nitrogens is 4. The molecule has 0 amide bonds. The van der Waals surface area contributed by atoms with Gasteiger partial charge in [-0.25, -0.2) is 15.0 Å². The number of para-hydroxylation sites is 1. The molecule has 198 valence electrons. The van der Waals surface area contributed by atoms with Crippen molar-refractivity contribution < 1.29 is 23.0 Å². The van der Waals surface area contributed by atoms with Crippen molar-refractivity contribution >= 4 is 17.6 Å². The van der Waals surface area contributed by atoms with Gasteiger partial charge in [-0.3, -0.25) is 4.79 Å². The van der Waals surface area contributed by atoms with E-state index in [1.807, 2.05) is 36.6 Å². The minimum absolute atomic E-state index is 0.107. The number of pyridine rings is 1. The van der Waals surface area contributed by atoms with E-state index in [-0.39, 0.29) is 23.6 Å². The van der Waals surface area contributed by atoms with Gasteiger partial charge in [0.2, 0.25) is 5.95 Å². The maximum absolute atomic E-state index is 12.9. The number of carbonyl (C=O) groups is 1. The van der Waals surface area contributed by atoms with Crippen molar-refractivity contribution in [2.24, 2.45) is 11.8 Å². The summed E-state index contributed by atoms with van der Waals surface area (Å²) in [7, 11) is 1.43. The summed E-state index contributed by atoms with van der Waals surface area (Å²) in [5.74, 6) is 0.648. The SMILES string of the molecule is COC(=O)[C@@H]1CCN(c2ncc(-c3ccc4nc(C)c(Cc5ccccc5OC(F)F)n4c3)cn2)C[C@@H]1C. The van der Waals surface area contributed by atoms with E-state index < -0.39 is 6.61 Å². The number of piperidine rings is 1. The number of esters is 1. The second-order valence-corrected chi connectivity index (χ2v) is 9.57. The summed E-state index contributed by atoms with van der Waals surface area (Å²) in [6.45, 7) is 2.42. The van der Waals surface area contributed by atoms with Gasteiger partial charge in [0.05, 0.1) is 18.7 Å². The predicted molar refractivity (Wildman–Crippen MR) is 138 cm³/mol. The third kappa shape index (κ3) is 5.16. The highest BCUT2D eigenvalue weighted by molar-refractivity contribution is 5.73. The summed E-state index contributed by atoms with van der Waals surface area (Å²) < 4.78 is 37.4. The van der Waals surface area contributed by atoms with E-state index in [0.717, 1.165) is 28.2 Å². The molecular weight excluding hydrogens is 492 g/mol. The van der Waals surface area contributed by atoms with Crippen LogP contribution in [0.25, 0.3) is 16.8 Å². The Kier molecular flexibility index (Phi) is 7.22. The van der Waals surface area contributed by atoms with Crippen LogP contribution in [-0.4, -0.2) is 52.1 Å². The van der Waals surface area contributed by atoms with Crippen LogP contribution in [0.5, 0.6) is 5.75 Å². The lowest BCUT2D eigenvalue weighted by molar-refractivity contribution is -0.147. The summed E-state index contributed by atoms with van der Waals surface area (Å²) in [4.78, 5) is 27.9. The topological polar surface area (TPSA) is 81.8 Å². The van der Waals surface area contributed by atoms with E-state index in [9.17, 15) is 13.6 Å². The zero-order valence-electron chi connectivity index (χ0n) is 21.5. The summed E-state index contributed by atoms with van der Waals surface area (Å²) in [6, 6.07) is 10.7. The van der Waals surface area contributed by atoms with Crippen molar-refractivity contribution in [1.29, 1.82) is 0 Å². The highest BCUT2D eigenvalue weighted by atomic mass is 19.3. The molecule has 5 rings (SSSR count). The zero-order chi connectivity index (χ0) is 26.8. The number of rotatable bonds is 7. The molecule has 0 spiro atoms. The lowest BCUT2D eigenvalue weighted by Gasteiger charge is -2.35. The number of carbonyl (C=O) groups excluding carboxylic acids is 1. The number of ether oxygens (including phenoxy) is 2. The van der Waals surface area contributed by atoms with Crippen molar-refractivity contribution in [3.63, 3.8) is 0 Å². The number of halogens is 2. The molecule has 1 aromatic carbocycles. The largest absolute Gasteiger partial charge is 0.469 e. The number of anilines is 1. The molecule has 3 aromatic heterocycles. The van der Waals surface area contributed by atoms with Crippen molar-refractivity contribution in [2.75, 3.05) is 25.1 Å². The van der Waals surface area contributed by atoms with Crippen LogP contribution in [0.2, 0.25) is 0 Å². The normalized spacial score (nSPS) is 17.7. The Morgan fingerprint density at radius 1 is 1.13 bits per heavy atom. The molecule has 0 radical (unpaired) electrons. The molecule has 0 N–H and O–H groups in total. The van der Waals surface area contributed by atoms with Crippen LogP contribution in [0, 0.1) is 18.8 Å². The first kappa shape index (κ1) is 25.6. The highest BCUT2D eigenvalue weighted by Crippen LogP contribution is 2.29. The average Bonchev–Trinajstić information content (AvgIpc) is 3.23. The van der Waals surface area contributed by atoms with Gasteiger partial charge in [0.1, 0.15) is 11.4 Å². The minimum atomic E-state index is -2.89. The lowest BCUT2D eigenvalue weighted by atomic mass is 9.87. The second-order valence-electron chi connectivity index (χ2n) is 9.57. The lowest BCUT2D eigenvalue weighted by Crippen LogP contribution is -2.43. The van der Waals surface area contributed by atoms with E-state index in [1.54, 1.807) is 36.7 Å². The molecule has 4 heterocycles. The van der Waals surface area contributed by atoms with Crippen LogP contribution in [-0.2, 0) is 16.0 Å². The van der Waals surface area contributed by atoms with E-state index in [4.69, 9.17) is 9.47 Å². The van der Waals surface area contributed by atoms with Crippen LogP contribution >= 0.6 is 0 Å². The van der Waals surface area contributed by atoms with Crippen LogP contribution in [0.4, 0.5) is 14.7 Å². The molecule has 10 heteroatoms. The average molecular weight is 522 g/mol. The Bertz CT molecular complexity index is 1440. The van der Waals surface area contributed by atoms with Gasteiger partial charge in [0.15, 0.2) is 0 Å². The monoisotopic (exact) mass is 521 g/mol. The summed E-state index contributed by atoms with van der Waals surface area (Å²) in [5, 5.41) is 0. The van der Waals surface area contributed by atoms with E-state index in [0.29, 0.717) is 37.4 Å². The third-order valence-corrected chi connectivity index (χ3v) is 7.13. The number of imidazole rings is 1. The second kappa shape index (κ2) is 10.7. The van der Waals surface area contributed by atoms with Gasteiger partial charge in [-0.15, -0.1) is 0 Å². The first-order valence-corrected chi connectivity index (χ1v) is 12.5. The Labute approximate surface area is 219 Å². The molecule has 1 fully saturated rings. The first-order chi connectivity index (χ1) is 18.3. The molecule has 1 aliphatic rings. The number of alkyl halides is 2. The number of methoxy groups -OCH3 is 1. The van der Waals surface area contributed by atoms with Crippen LogP contribution in [0.15, 0.2) is 55.0 Å². The molecule has 0 saturated carbocycles. The molecule has 2 atom stereocenters. The fraction of sp³-hybridized carbons (Fsp3) is 0.357. The number of hydrogen-bond acceptors (Lipinski definition) is 7. The highest BCUT2D eigenvalue weighted by Gasteiger charge is 2.32. The number of fused-ring (bicyclic) bond motifs is 1. The fourth-order valence-electron chi connectivity index (χ4n) is 5.10. The molecule has 1 saturated heterocycles. The molecular formula is C28H29F2N5O3. The van der Waals surface area contributed by atoms with E-state index >= 15 is 0 Å². The quantitative estimate of drug-likeness (QED) is 0.319. The minimum Gasteiger partial charge on any atom is -0.469 e. The van der Waals surface area contributed by atoms with Gasteiger partial charge in [0.25, 0.3) is 0 Å². The predicted octanol–water partition coefficient (Wildman–Crippen LogP) is 4.93. The van der Waals surface area contributed by atoms with Crippen LogP contribution < -0.4 is 9.64 Å². The zero-order valence-corrected chi connectivity index (χ0v) is 21.5. The molecule has 0 bridgehead atoms. The number of hydrogen-bond donors (Lipinski definition) is 0. The summed E-state index contributed by atoms with van der Waals surface area (Å²) >= 11 is 0. The Morgan fingerprint density at radius 2 is 1.89 bits per heavy atom. The Balaban J connectivity index is 1.38. The van der Waals surface area contributed by atoms with E-state index in [2.05, 4.69) is 19.9 Å². The maximum atomic E-state index is 12.9. The smallest absolute Gasteiger partial charge is 0.387 e. The molecule has 38 heavy (non-hydrogen) atoms. The summed E-state index contributed by atoms with van der Waals surface area (Å²) in [6.07, 6.45) is 6.62. The van der Waals surface area contributed by atoms with Gasteiger partial charge in [-0.05, 0) is 37.5 Å². The van der Waals surface area contributed by atoms with Gasteiger partial charge < -0.3 is 18.8 Å². The number of nitrogens with zero attached hydrogens (tertiary/aromatic N) is 5.